The number of aromatic amines is 1. The van der Waals surface area contributed by atoms with Crippen LogP contribution in [0.4, 0.5) is 0 Å². The molecule has 1 aromatic carbocycles. The lowest BCUT2D eigenvalue weighted by atomic mass is 10.0. The van der Waals surface area contributed by atoms with E-state index in [9.17, 15) is 9.67 Å². The van der Waals surface area contributed by atoms with E-state index in [4.69, 9.17) is 0 Å². The molecule has 3 aromatic rings. The van der Waals surface area contributed by atoms with Gasteiger partial charge < -0.3 is 14.7 Å². The quantitative estimate of drug-likeness (QED) is 0.720. The smallest absolute Gasteiger partial charge is 0.137 e. The van der Waals surface area contributed by atoms with Gasteiger partial charge >= 0.3 is 0 Å². The van der Waals surface area contributed by atoms with Crippen molar-refractivity contribution in [3.8, 4) is 11.1 Å². The Morgan fingerprint density at radius 3 is 2.61 bits per heavy atom. The molecule has 0 aliphatic heterocycles. The Kier molecular flexibility index (Phi) is 4.13. The number of pyridine rings is 1. The molecule has 0 bridgehead atoms. The van der Waals surface area contributed by atoms with E-state index in [-0.39, 0.29) is 6.61 Å². The van der Waals surface area contributed by atoms with E-state index in [2.05, 4.69) is 23.0 Å². The van der Waals surface area contributed by atoms with Crippen LogP contribution in [0.2, 0.25) is 0 Å². The minimum atomic E-state index is -2.46. The molecule has 0 aliphatic carbocycles. The fraction of sp³-hybridized carbons (Fsp3) is 0.278. The second kappa shape index (κ2) is 5.95. The highest BCUT2D eigenvalue weighted by Gasteiger charge is 2.17. The van der Waals surface area contributed by atoms with Crippen LogP contribution in [0.5, 0.6) is 0 Å². The van der Waals surface area contributed by atoms with E-state index < -0.39 is 7.14 Å². The number of nitrogens with one attached hydrogen (secondary N) is 1. The predicted molar refractivity (Wildman–Crippen MR) is 95.9 cm³/mol. The van der Waals surface area contributed by atoms with Gasteiger partial charge in [-0.1, -0.05) is 19.1 Å². The summed E-state index contributed by atoms with van der Waals surface area (Å²) in [6.07, 6.45) is 4.76. The first kappa shape index (κ1) is 16.0. The summed E-state index contributed by atoms with van der Waals surface area (Å²) in [5.74, 6) is 0. The molecule has 0 aliphatic rings. The third kappa shape index (κ3) is 2.97. The average molecular weight is 328 g/mol. The zero-order chi connectivity index (χ0) is 16.6. The number of aryl methyl sites for hydroxylation is 1. The Hall–Kier alpha value is -1.90. The number of H-pyrrole nitrogens is 1. The van der Waals surface area contributed by atoms with E-state index >= 15 is 0 Å². The topological polar surface area (TPSA) is 66.0 Å². The van der Waals surface area contributed by atoms with Crippen LogP contribution in [-0.2, 0) is 17.6 Å². The predicted octanol–water partition coefficient (Wildman–Crippen LogP) is 3.53. The van der Waals surface area contributed by atoms with E-state index in [1.54, 1.807) is 13.3 Å². The van der Waals surface area contributed by atoms with Crippen LogP contribution in [0.15, 0.2) is 36.7 Å². The highest BCUT2D eigenvalue weighted by Crippen LogP contribution is 2.37. The van der Waals surface area contributed by atoms with Crippen molar-refractivity contribution in [2.75, 3.05) is 13.3 Å². The summed E-state index contributed by atoms with van der Waals surface area (Å²) in [4.78, 5) is 7.67. The van der Waals surface area contributed by atoms with Crippen molar-refractivity contribution >= 4 is 23.5 Å². The van der Waals surface area contributed by atoms with Crippen LogP contribution in [0, 0.1) is 0 Å². The van der Waals surface area contributed by atoms with Gasteiger partial charge in [0.25, 0.3) is 0 Å². The summed E-state index contributed by atoms with van der Waals surface area (Å²) in [7, 11) is -2.46. The Balaban J connectivity index is 2.16. The molecule has 0 saturated heterocycles. The van der Waals surface area contributed by atoms with E-state index in [0.717, 1.165) is 39.4 Å². The van der Waals surface area contributed by atoms with E-state index in [1.807, 2.05) is 30.6 Å². The maximum absolute atomic E-state index is 12.5. The van der Waals surface area contributed by atoms with Crippen molar-refractivity contribution in [1.82, 2.24) is 9.97 Å². The summed E-state index contributed by atoms with van der Waals surface area (Å²) < 4.78 is 12.5. The first-order chi connectivity index (χ1) is 10.9. The normalized spacial score (nSPS) is 12.0. The molecule has 0 spiro atoms. The van der Waals surface area contributed by atoms with Crippen LogP contribution < -0.4 is 5.30 Å². The Morgan fingerprint density at radius 1 is 1.17 bits per heavy atom. The number of fused-ring (bicyclic) bond motifs is 1. The number of nitrogens with zero attached hydrogens (tertiary/aromatic N) is 1. The molecule has 5 heteroatoms. The summed E-state index contributed by atoms with van der Waals surface area (Å²) in [6, 6.07) is 7.84. The van der Waals surface area contributed by atoms with Gasteiger partial charge in [-0.15, -0.1) is 0 Å². The number of aliphatic hydroxyl groups excluding tert-OH is 1. The lowest BCUT2D eigenvalue weighted by molar-refractivity contribution is 0.283. The summed E-state index contributed by atoms with van der Waals surface area (Å²) in [6.45, 7) is 5.48. The minimum absolute atomic E-state index is 0.101. The SMILES string of the molecule is CCc1c[nH]c2ncc(-c3ccc(CO)c(P(C)(C)=O)c3)cc12. The first-order valence-electron chi connectivity index (χ1n) is 7.69. The van der Waals surface area contributed by atoms with Crippen LogP contribution >= 0.6 is 7.14 Å². The van der Waals surface area contributed by atoms with Crippen LogP contribution in [0.3, 0.4) is 0 Å². The van der Waals surface area contributed by atoms with Crippen molar-refractivity contribution in [3.05, 3.63) is 47.8 Å². The Bertz CT molecular complexity index is 909. The minimum Gasteiger partial charge on any atom is -0.392 e. The molecule has 120 valence electrons. The maximum atomic E-state index is 12.5. The van der Waals surface area contributed by atoms with Gasteiger partial charge in [-0.25, -0.2) is 4.98 Å². The molecule has 2 aromatic heterocycles. The van der Waals surface area contributed by atoms with Crippen molar-refractivity contribution in [1.29, 1.82) is 0 Å². The van der Waals surface area contributed by atoms with Gasteiger partial charge in [0.1, 0.15) is 12.8 Å². The zero-order valence-corrected chi connectivity index (χ0v) is 14.5. The molecular formula is C18H21N2O2P. The van der Waals surface area contributed by atoms with Crippen molar-refractivity contribution in [3.63, 3.8) is 0 Å². The molecule has 4 nitrogen and oxygen atoms in total. The molecule has 0 fully saturated rings. The number of rotatable bonds is 4. The molecule has 0 amide bonds. The molecule has 0 radical (unpaired) electrons. The van der Waals surface area contributed by atoms with Gasteiger partial charge in [0.05, 0.1) is 6.61 Å². The van der Waals surface area contributed by atoms with Gasteiger partial charge in [-0.2, -0.15) is 0 Å². The number of aliphatic hydroxyl groups is 1. The van der Waals surface area contributed by atoms with E-state index in [0.29, 0.717) is 0 Å². The molecular weight excluding hydrogens is 307 g/mol. The second-order valence-electron chi connectivity index (χ2n) is 6.14. The Morgan fingerprint density at radius 2 is 1.96 bits per heavy atom. The monoisotopic (exact) mass is 328 g/mol. The average Bonchev–Trinajstić information content (AvgIpc) is 2.95. The third-order valence-electron chi connectivity index (χ3n) is 4.17. The van der Waals surface area contributed by atoms with Crippen molar-refractivity contribution in [2.24, 2.45) is 0 Å². The second-order valence-corrected chi connectivity index (χ2v) is 9.32. The number of aromatic nitrogens is 2. The number of hydrogen-bond donors (Lipinski definition) is 2. The van der Waals surface area contributed by atoms with Crippen LogP contribution in [0.25, 0.3) is 22.2 Å². The van der Waals surface area contributed by atoms with Crippen molar-refractivity contribution in [2.45, 2.75) is 20.0 Å². The summed E-state index contributed by atoms with van der Waals surface area (Å²) in [5, 5.41) is 11.3. The molecule has 0 saturated carbocycles. The van der Waals surface area contributed by atoms with Gasteiger partial charge in [0.15, 0.2) is 0 Å². The lowest BCUT2D eigenvalue weighted by Crippen LogP contribution is -2.10. The number of hydrogen-bond acceptors (Lipinski definition) is 3. The summed E-state index contributed by atoms with van der Waals surface area (Å²) in [5.41, 5.74) is 4.81. The fourth-order valence-corrected chi connectivity index (χ4v) is 4.17. The summed E-state index contributed by atoms with van der Waals surface area (Å²) >= 11 is 0. The van der Waals surface area contributed by atoms with Crippen LogP contribution in [-0.4, -0.2) is 28.4 Å². The van der Waals surface area contributed by atoms with Gasteiger partial charge in [0, 0.05) is 28.6 Å². The molecule has 2 heterocycles. The lowest BCUT2D eigenvalue weighted by Gasteiger charge is -2.14. The van der Waals surface area contributed by atoms with Gasteiger partial charge in [-0.3, -0.25) is 0 Å². The molecule has 0 atom stereocenters. The molecule has 3 rings (SSSR count). The van der Waals surface area contributed by atoms with E-state index in [1.165, 1.54) is 5.56 Å². The standard InChI is InChI=1S/C18H21N2O2P/c1-4-12-9-19-18-16(12)7-15(10-20-18)13-5-6-14(11-21)17(8-13)23(2,3)22/h5-10,21H,4,11H2,1-3H3,(H,19,20). The third-order valence-corrected chi connectivity index (χ3v) is 5.74. The van der Waals surface area contributed by atoms with Crippen molar-refractivity contribution < 1.29 is 9.67 Å². The van der Waals surface area contributed by atoms with Gasteiger partial charge in [0.2, 0.25) is 0 Å². The largest absolute Gasteiger partial charge is 0.392 e. The van der Waals surface area contributed by atoms with Gasteiger partial charge in [-0.05, 0) is 48.6 Å². The van der Waals surface area contributed by atoms with Crippen LogP contribution in [0.1, 0.15) is 18.1 Å². The maximum Gasteiger partial charge on any atom is 0.137 e. The molecule has 23 heavy (non-hydrogen) atoms. The highest BCUT2D eigenvalue weighted by atomic mass is 31.2. The first-order valence-corrected chi connectivity index (χ1v) is 10.3. The Labute approximate surface area is 136 Å². The zero-order valence-electron chi connectivity index (χ0n) is 13.6. The fourth-order valence-electron chi connectivity index (χ4n) is 2.89. The highest BCUT2D eigenvalue weighted by molar-refractivity contribution is 7.70. The molecule has 2 N–H and O–H groups in total. The molecule has 0 unspecified atom stereocenters. The number of benzene rings is 1.